The van der Waals surface area contributed by atoms with Crippen LogP contribution in [-0.4, -0.2) is 24.8 Å². The summed E-state index contributed by atoms with van der Waals surface area (Å²) in [7, 11) is 0. The smallest absolute Gasteiger partial charge is 0.309 e. The number of rotatable bonds is 2. The van der Waals surface area contributed by atoms with Crippen molar-refractivity contribution in [3.8, 4) is 0 Å². The molecule has 0 aromatic heterocycles. The predicted octanol–water partition coefficient (Wildman–Crippen LogP) is 2.29. The molecule has 1 saturated carbocycles. The number of hydrogen-bond acceptors (Lipinski definition) is 3. The zero-order valence-corrected chi connectivity index (χ0v) is 9.46. The van der Waals surface area contributed by atoms with E-state index in [-0.39, 0.29) is 17.5 Å². The lowest BCUT2D eigenvalue weighted by Crippen LogP contribution is -2.37. The summed E-state index contributed by atoms with van der Waals surface area (Å²) in [5.41, 5.74) is 0.0235. The number of carbonyl (C=O) groups excluding carboxylic acids is 1. The average molecular weight is 212 g/mol. The molecular formula is C12H20O3. The fourth-order valence-corrected chi connectivity index (χ4v) is 2.90. The Kier molecular flexibility index (Phi) is 3.29. The molecule has 2 atom stereocenters. The lowest BCUT2D eigenvalue weighted by atomic mass is 9.76. The van der Waals surface area contributed by atoms with Crippen molar-refractivity contribution in [2.45, 2.75) is 51.0 Å². The molecule has 0 aromatic rings. The van der Waals surface area contributed by atoms with Crippen LogP contribution in [0.3, 0.4) is 0 Å². The number of hydrogen-bond donors (Lipinski definition) is 0. The Morgan fingerprint density at radius 1 is 1.47 bits per heavy atom. The highest BCUT2D eigenvalue weighted by atomic mass is 16.5. The van der Waals surface area contributed by atoms with E-state index in [2.05, 4.69) is 0 Å². The zero-order chi connectivity index (χ0) is 10.7. The number of esters is 1. The van der Waals surface area contributed by atoms with Gasteiger partial charge in [-0.15, -0.1) is 0 Å². The highest BCUT2D eigenvalue weighted by molar-refractivity contribution is 5.72. The van der Waals surface area contributed by atoms with Crippen molar-refractivity contribution >= 4 is 5.97 Å². The van der Waals surface area contributed by atoms with Crippen molar-refractivity contribution in [1.82, 2.24) is 0 Å². The largest absolute Gasteiger partial charge is 0.466 e. The molecule has 15 heavy (non-hydrogen) atoms. The van der Waals surface area contributed by atoms with Gasteiger partial charge in [0.25, 0.3) is 0 Å². The molecule has 1 spiro atoms. The van der Waals surface area contributed by atoms with Crippen molar-refractivity contribution in [2.24, 2.45) is 5.92 Å². The standard InChI is InChI=1S/C12H20O3/c1-2-14-11(13)10-5-3-6-12(9-10)7-4-8-15-12/h10H,2-9H2,1H3. The summed E-state index contributed by atoms with van der Waals surface area (Å²) < 4.78 is 10.9. The van der Waals surface area contributed by atoms with Crippen LogP contribution in [0.2, 0.25) is 0 Å². The molecule has 2 aliphatic rings. The summed E-state index contributed by atoms with van der Waals surface area (Å²) in [6.07, 6.45) is 6.36. The van der Waals surface area contributed by atoms with Gasteiger partial charge >= 0.3 is 5.97 Å². The molecule has 1 saturated heterocycles. The molecule has 0 radical (unpaired) electrons. The van der Waals surface area contributed by atoms with Crippen LogP contribution in [0.5, 0.6) is 0 Å². The SMILES string of the molecule is CCOC(=O)C1CCCC2(CCCO2)C1. The third kappa shape index (κ3) is 2.33. The first-order chi connectivity index (χ1) is 7.26. The second-order valence-electron chi connectivity index (χ2n) is 4.68. The van der Waals surface area contributed by atoms with E-state index in [1.54, 1.807) is 0 Å². The zero-order valence-electron chi connectivity index (χ0n) is 9.46. The Hall–Kier alpha value is -0.570. The van der Waals surface area contributed by atoms with E-state index in [1.165, 1.54) is 0 Å². The molecule has 0 bridgehead atoms. The summed E-state index contributed by atoms with van der Waals surface area (Å²) in [4.78, 5) is 11.7. The maximum Gasteiger partial charge on any atom is 0.309 e. The van der Waals surface area contributed by atoms with Gasteiger partial charge in [-0.2, -0.15) is 0 Å². The molecule has 3 nitrogen and oxygen atoms in total. The minimum atomic E-state index is -0.0212. The second kappa shape index (κ2) is 4.52. The van der Waals surface area contributed by atoms with E-state index in [0.29, 0.717) is 6.61 Å². The topological polar surface area (TPSA) is 35.5 Å². The average Bonchev–Trinajstić information content (AvgIpc) is 2.67. The van der Waals surface area contributed by atoms with Crippen molar-refractivity contribution in [2.75, 3.05) is 13.2 Å². The first kappa shape index (κ1) is 10.9. The van der Waals surface area contributed by atoms with Crippen molar-refractivity contribution in [1.29, 1.82) is 0 Å². The molecule has 1 aliphatic carbocycles. The van der Waals surface area contributed by atoms with Crippen molar-refractivity contribution in [3.05, 3.63) is 0 Å². The van der Waals surface area contributed by atoms with Gasteiger partial charge in [0.1, 0.15) is 0 Å². The molecular weight excluding hydrogens is 192 g/mol. The van der Waals surface area contributed by atoms with Gasteiger partial charge in [0.15, 0.2) is 0 Å². The monoisotopic (exact) mass is 212 g/mol. The molecule has 3 heteroatoms. The summed E-state index contributed by atoms with van der Waals surface area (Å²) in [6.45, 7) is 3.22. The van der Waals surface area contributed by atoms with Crippen LogP contribution >= 0.6 is 0 Å². The van der Waals surface area contributed by atoms with Gasteiger partial charge in [-0.05, 0) is 45.4 Å². The fraction of sp³-hybridized carbons (Fsp3) is 0.917. The van der Waals surface area contributed by atoms with Gasteiger partial charge in [0.2, 0.25) is 0 Å². The number of ether oxygens (including phenoxy) is 2. The Morgan fingerprint density at radius 2 is 2.27 bits per heavy atom. The van der Waals surface area contributed by atoms with Crippen molar-refractivity contribution < 1.29 is 14.3 Å². The quantitative estimate of drug-likeness (QED) is 0.659. The predicted molar refractivity (Wildman–Crippen MR) is 56.5 cm³/mol. The van der Waals surface area contributed by atoms with Crippen LogP contribution in [0.4, 0.5) is 0 Å². The van der Waals surface area contributed by atoms with Crippen LogP contribution in [0.15, 0.2) is 0 Å². The van der Waals surface area contributed by atoms with E-state index < -0.39 is 0 Å². The van der Waals surface area contributed by atoms with E-state index in [1.807, 2.05) is 6.92 Å². The van der Waals surface area contributed by atoms with Crippen LogP contribution < -0.4 is 0 Å². The third-order valence-corrected chi connectivity index (χ3v) is 3.61. The van der Waals surface area contributed by atoms with Gasteiger partial charge in [-0.3, -0.25) is 4.79 Å². The molecule has 86 valence electrons. The van der Waals surface area contributed by atoms with Crippen molar-refractivity contribution in [3.63, 3.8) is 0 Å². The Morgan fingerprint density at radius 3 is 2.93 bits per heavy atom. The molecule has 1 aliphatic heterocycles. The maximum atomic E-state index is 11.7. The highest BCUT2D eigenvalue weighted by Crippen LogP contribution is 2.42. The molecule has 0 amide bonds. The van der Waals surface area contributed by atoms with Gasteiger partial charge in [0, 0.05) is 6.61 Å². The molecule has 0 N–H and O–H groups in total. The fourth-order valence-electron chi connectivity index (χ4n) is 2.90. The Bertz CT molecular complexity index is 231. The molecule has 2 unspecified atom stereocenters. The van der Waals surface area contributed by atoms with Crippen LogP contribution in [0, 0.1) is 5.92 Å². The first-order valence-corrected chi connectivity index (χ1v) is 6.06. The highest BCUT2D eigenvalue weighted by Gasteiger charge is 2.42. The maximum absolute atomic E-state index is 11.7. The third-order valence-electron chi connectivity index (χ3n) is 3.61. The summed E-state index contributed by atoms with van der Waals surface area (Å²) in [5, 5.41) is 0. The summed E-state index contributed by atoms with van der Waals surface area (Å²) >= 11 is 0. The van der Waals surface area contributed by atoms with Gasteiger partial charge in [0.05, 0.1) is 18.1 Å². The molecule has 1 heterocycles. The molecule has 2 rings (SSSR count). The van der Waals surface area contributed by atoms with Crippen LogP contribution in [-0.2, 0) is 14.3 Å². The van der Waals surface area contributed by atoms with Gasteiger partial charge in [-0.25, -0.2) is 0 Å². The number of carbonyl (C=O) groups is 1. The minimum Gasteiger partial charge on any atom is -0.466 e. The lowest BCUT2D eigenvalue weighted by Gasteiger charge is -2.36. The Labute approximate surface area is 91.1 Å². The Balaban J connectivity index is 1.94. The van der Waals surface area contributed by atoms with Crippen LogP contribution in [0.25, 0.3) is 0 Å². The first-order valence-electron chi connectivity index (χ1n) is 6.06. The van der Waals surface area contributed by atoms with Gasteiger partial charge < -0.3 is 9.47 Å². The van der Waals surface area contributed by atoms with E-state index in [9.17, 15) is 4.79 Å². The molecule has 2 fully saturated rings. The van der Waals surface area contributed by atoms with E-state index in [4.69, 9.17) is 9.47 Å². The van der Waals surface area contributed by atoms with Gasteiger partial charge in [-0.1, -0.05) is 0 Å². The minimum absolute atomic E-state index is 0.0212. The van der Waals surface area contributed by atoms with E-state index >= 15 is 0 Å². The summed E-state index contributed by atoms with van der Waals surface area (Å²) in [6, 6.07) is 0. The summed E-state index contributed by atoms with van der Waals surface area (Å²) in [5.74, 6) is 0.0591. The lowest BCUT2D eigenvalue weighted by molar-refractivity contribution is -0.153. The molecule has 0 aromatic carbocycles. The van der Waals surface area contributed by atoms with Crippen LogP contribution in [0.1, 0.15) is 45.4 Å². The second-order valence-corrected chi connectivity index (χ2v) is 4.68. The van der Waals surface area contributed by atoms with E-state index in [0.717, 1.165) is 45.1 Å². The normalized spacial score (nSPS) is 35.7.